The number of halogens is 1. The van der Waals surface area contributed by atoms with Crippen molar-refractivity contribution in [1.82, 2.24) is 10.2 Å². The highest BCUT2D eigenvalue weighted by Crippen LogP contribution is 2.21. The number of urea groups is 1. The molecular formula is C21H25FN4O2. The smallest absolute Gasteiger partial charge is 0.319 e. The number of hydrogen-bond donors (Lipinski definition) is 3. The van der Waals surface area contributed by atoms with Crippen LogP contribution in [0.1, 0.15) is 25.0 Å². The number of anilines is 2. The molecule has 3 rings (SSSR count). The summed E-state index contributed by atoms with van der Waals surface area (Å²) in [5.41, 5.74) is 3.16. The minimum atomic E-state index is -0.555. The zero-order chi connectivity index (χ0) is 20.1. The summed E-state index contributed by atoms with van der Waals surface area (Å²) in [6, 6.07) is 12.3. The summed E-state index contributed by atoms with van der Waals surface area (Å²) in [7, 11) is 0. The van der Waals surface area contributed by atoms with E-state index in [9.17, 15) is 14.0 Å². The summed E-state index contributed by atoms with van der Waals surface area (Å²) in [5.74, 6) is -0.933. The van der Waals surface area contributed by atoms with E-state index in [1.807, 2.05) is 0 Å². The number of fused-ring (bicyclic) bond motifs is 1. The number of nitrogens with zero attached hydrogens (tertiary/aromatic N) is 1. The fourth-order valence-electron chi connectivity index (χ4n) is 3.33. The molecule has 0 aliphatic carbocycles. The average molecular weight is 384 g/mol. The van der Waals surface area contributed by atoms with E-state index in [2.05, 4.69) is 52.0 Å². The van der Waals surface area contributed by atoms with Crippen molar-refractivity contribution in [2.75, 3.05) is 23.7 Å². The monoisotopic (exact) mass is 384 g/mol. The van der Waals surface area contributed by atoms with Crippen molar-refractivity contribution in [3.8, 4) is 0 Å². The largest absolute Gasteiger partial charge is 0.336 e. The Labute approximate surface area is 164 Å². The number of amides is 3. The van der Waals surface area contributed by atoms with Crippen molar-refractivity contribution in [1.29, 1.82) is 0 Å². The van der Waals surface area contributed by atoms with Gasteiger partial charge in [0.2, 0.25) is 5.91 Å². The van der Waals surface area contributed by atoms with Crippen LogP contribution >= 0.6 is 0 Å². The van der Waals surface area contributed by atoms with Crippen LogP contribution in [-0.4, -0.2) is 36.0 Å². The summed E-state index contributed by atoms with van der Waals surface area (Å²) in [6.07, 6.45) is 1.01. The summed E-state index contributed by atoms with van der Waals surface area (Å²) >= 11 is 0. The Morgan fingerprint density at radius 2 is 1.89 bits per heavy atom. The molecule has 3 amide bonds. The fraction of sp³-hybridized carbons (Fsp3) is 0.333. The normalized spacial score (nSPS) is 14.7. The van der Waals surface area contributed by atoms with Gasteiger partial charge in [-0.15, -0.1) is 0 Å². The van der Waals surface area contributed by atoms with E-state index in [1.54, 1.807) is 0 Å². The van der Waals surface area contributed by atoms with E-state index < -0.39 is 5.82 Å². The SMILES string of the molecule is CC(=O)Nc1cc(NC(=O)NCC(C)N2CCc3ccccc3C2)ccc1F. The first-order chi connectivity index (χ1) is 13.4. The fourth-order valence-corrected chi connectivity index (χ4v) is 3.33. The lowest BCUT2D eigenvalue weighted by Crippen LogP contribution is -2.45. The van der Waals surface area contributed by atoms with E-state index in [1.165, 1.54) is 36.2 Å². The summed E-state index contributed by atoms with van der Waals surface area (Å²) in [5, 5.41) is 7.92. The van der Waals surface area contributed by atoms with Crippen molar-refractivity contribution in [2.24, 2.45) is 0 Å². The average Bonchev–Trinajstić information content (AvgIpc) is 2.68. The van der Waals surface area contributed by atoms with Gasteiger partial charge in [0.15, 0.2) is 0 Å². The predicted molar refractivity (Wildman–Crippen MR) is 108 cm³/mol. The van der Waals surface area contributed by atoms with Crippen LogP contribution < -0.4 is 16.0 Å². The molecule has 1 unspecified atom stereocenters. The minimum Gasteiger partial charge on any atom is -0.336 e. The van der Waals surface area contributed by atoms with Gasteiger partial charge in [0.25, 0.3) is 0 Å². The Morgan fingerprint density at radius 3 is 2.64 bits per heavy atom. The second-order valence-corrected chi connectivity index (χ2v) is 7.05. The Morgan fingerprint density at radius 1 is 1.14 bits per heavy atom. The lowest BCUT2D eigenvalue weighted by Gasteiger charge is -2.33. The van der Waals surface area contributed by atoms with Crippen LogP contribution in [0.15, 0.2) is 42.5 Å². The second-order valence-electron chi connectivity index (χ2n) is 7.05. The molecule has 28 heavy (non-hydrogen) atoms. The molecule has 1 aliphatic heterocycles. The van der Waals surface area contributed by atoms with Crippen LogP contribution in [-0.2, 0) is 17.8 Å². The molecule has 0 bridgehead atoms. The van der Waals surface area contributed by atoms with Gasteiger partial charge in [-0.1, -0.05) is 24.3 Å². The van der Waals surface area contributed by atoms with Crippen molar-refractivity contribution < 1.29 is 14.0 Å². The van der Waals surface area contributed by atoms with Crippen LogP contribution in [0.3, 0.4) is 0 Å². The van der Waals surface area contributed by atoms with Crippen molar-refractivity contribution in [3.63, 3.8) is 0 Å². The second kappa shape index (κ2) is 8.84. The molecule has 1 atom stereocenters. The maximum atomic E-state index is 13.7. The third kappa shape index (κ3) is 5.07. The van der Waals surface area contributed by atoms with Crippen LogP contribution in [0, 0.1) is 5.82 Å². The molecule has 2 aromatic carbocycles. The van der Waals surface area contributed by atoms with E-state index in [0.29, 0.717) is 12.2 Å². The Kier molecular flexibility index (Phi) is 6.26. The van der Waals surface area contributed by atoms with E-state index in [-0.39, 0.29) is 23.7 Å². The highest BCUT2D eigenvalue weighted by atomic mass is 19.1. The third-order valence-corrected chi connectivity index (χ3v) is 4.88. The number of hydrogen-bond acceptors (Lipinski definition) is 3. The first kappa shape index (κ1) is 19.8. The number of nitrogens with one attached hydrogen (secondary N) is 3. The zero-order valence-corrected chi connectivity index (χ0v) is 16.1. The predicted octanol–water partition coefficient (Wildman–Crippen LogP) is 3.35. The van der Waals surface area contributed by atoms with Gasteiger partial charge in [-0.2, -0.15) is 0 Å². The lowest BCUT2D eigenvalue weighted by molar-refractivity contribution is -0.114. The highest BCUT2D eigenvalue weighted by molar-refractivity contribution is 5.92. The Hall–Kier alpha value is -2.93. The zero-order valence-electron chi connectivity index (χ0n) is 16.1. The molecule has 0 fully saturated rings. The van der Waals surface area contributed by atoms with Crippen molar-refractivity contribution in [2.45, 2.75) is 32.9 Å². The van der Waals surface area contributed by atoms with Crippen LogP contribution in [0.25, 0.3) is 0 Å². The number of carbonyl (C=O) groups excluding carboxylic acids is 2. The van der Waals surface area contributed by atoms with Gasteiger partial charge in [0.05, 0.1) is 5.69 Å². The highest BCUT2D eigenvalue weighted by Gasteiger charge is 2.20. The molecule has 7 heteroatoms. The van der Waals surface area contributed by atoms with E-state index in [4.69, 9.17) is 0 Å². The van der Waals surface area contributed by atoms with Crippen LogP contribution in [0.5, 0.6) is 0 Å². The number of carbonyl (C=O) groups is 2. The van der Waals surface area contributed by atoms with Gasteiger partial charge < -0.3 is 16.0 Å². The van der Waals surface area contributed by atoms with Gasteiger partial charge >= 0.3 is 6.03 Å². The summed E-state index contributed by atoms with van der Waals surface area (Å²) < 4.78 is 13.7. The van der Waals surface area contributed by atoms with Crippen LogP contribution in [0.4, 0.5) is 20.6 Å². The molecule has 0 radical (unpaired) electrons. The standard InChI is InChI=1S/C21H25FN4O2/c1-14(26-10-9-16-5-3-4-6-17(16)13-26)12-23-21(28)25-18-7-8-19(22)20(11-18)24-15(2)27/h3-8,11,14H,9-10,12-13H2,1-2H3,(H,24,27)(H2,23,25,28). The molecule has 0 saturated heterocycles. The van der Waals surface area contributed by atoms with Gasteiger partial charge in [0.1, 0.15) is 5.82 Å². The van der Waals surface area contributed by atoms with Crippen molar-refractivity contribution >= 4 is 23.3 Å². The first-order valence-corrected chi connectivity index (χ1v) is 9.35. The molecule has 2 aromatic rings. The molecule has 0 aromatic heterocycles. The Balaban J connectivity index is 1.51. The number of rotatable bonds is 5. The summed E-state index contributed by atoms with van der Waals surface area (Å²) in [6.45, 7) is 5.71. The summed E-state index contributed by atoms with van der Waals surface area (Å²) in [4.78, 5) is 25.7. The molecule has 3 N–H and O–H groups in total. The van der Waals surface area contributed by atoms with Crippen molar-refractivity contribution in [3.05, 3.63) is 59.4 Å². The quantitative estimate of drug-likeness (QED) is 0.740. The first-order valence-electron chi connectivity index (χ1n) is 9.35. The number of benzene rings is 2. The Bertz CT molecular complexity index is 871. The van der Waals surface area contributed by atoms with E-state index >= 15 is 0 Å². The molecule has 1 heterocycles. The van der Waals surface area contributed by atoms with Crippen LogP contribution in [0.2, 0.25) is 0 Å². The molecule has 1 aliphatic rings. The molecule has 0 spiro atoms. The van der Waals surface area contributed by atoms with Gasteiger partial charge in [-0.3, -0.25) is 9.69 Å². The minimum absolute atomic E-state index is 0.0330. The molecule has 148 valence electrons. The molecule has 0 saturated carbocycles. The maximum Gasteiger partial charge on any atom is 0.319 e. The maximum absolute atomic E-state index is 13.7. The third-order valence-electron chi connectivity index (χ3n) is 4.88. The molecule has 6 nitrogen and oxygen atoms in total. The molecular weight excluding hydrogens is 359 g/mol. The van der Waals surface area contributed by atoms with Gasteiger partial charge in [-0.05, 0) is 42.7 Å². The topological polar surface area (TPSA) is 73.5 Å². The lowest BCUT2D eigenvalue weighted by atomic mass is 9.99. The van der Waals surface area contributed by atoms with E-state index in [0.717, 1.165) is 19.5 Å². The van der Waals surface area contributed by atoms with Gasteiger partial charge in [-0.25, -0.2) is 9.18 Å². The van der Waals surface area contributed by atoms with Gasteiger partial charge in [0, 0.05) is 38.3 Å².